The molecular weight excluding hydrogens is 469 g/mol. The van der Waals surface area contributed by atoms with Crippen molar-refractivity contribution < 1.29 is 23.5 Å². The first-order valence-corrected chi connectivity index (χ1v) is 9.31. The summed E-state index contributed by atoms with van der Waals surface area (Å²) in [5.74, 6) is -2.93. The van der Waals surface area contributed by atoms with Crippen LogP contribution in [0.3, 0.4) is 0 Å². The highest BCUT2D eigenvalue weighted by atomic mass is 127. The summed E-state index contributed by atoms with van der Waals surface area (Å²) >= 11 is 2.17. The van der Waals surface area contributed by atoms with Gasteiger partial charge in [0.1, 0.15) is 0 Å². The number of anilines is 2. The Labute approximate surface area is 170 Å². The van der Waals surface area contributed by atoms with Crippen molar-refractivity contribution in [1.82, 2.24) is 5.48 Å². The summed E-state index contributed by atoms with van der Waals surface area (Å²) in [6.07, 6.45) is 0.290. The molecule has 2 aromatic rings. The number of aliphatic hydroxyl groups is 1. The number of amides is 1. The lowest BCUT2D eigenvalue weighted by Gasteiger charge is -2.17. The lowest BCUT2D eigenvalue weighted by atomic mass is 10.1. The van der Waals surface area contributed by atoms with Crippen LogP contribution in [0.15, 0.2) is 30.3 Å². The first kappa shape index (κ1) is 21.5. The van der Waals surface area contributed by atoms with Crippen LogP contribution in [0.2, 0.25) is 0 Å². The molecule has 0 saturated carbocycles. The van der Waals surface area contributed by atoms with E-state index in [-0.39, 0.29) is 24.3 Å². The minimum Gasteiger partial charge on any atom is -0.390 e. The van der Waals surface area contributed by atoms with Crippen LogP contribution >= 0.6 is 22.6 Å². The normalized spacial score (nSPS) is 11.4. The Morgan fingerprint density at radius 1 is 1.19 bits per heavy atom. The second-order valence-corrected chi connectivity index (χ2v) is 7.98. The summed E-state index contributed by atoms with van der Waals surface area (Å²) in [7, 11) is 0. The predicted molar refractivity (Wildman–Crippen MR) is 108 cm³/mol. The quantitative estimate of drug-likeness (QED) is 0.305. The number of carbonyl (C=O) groups excluding carboxylic acids is 1. The molecule has 0 aliphatic heterocycles. The Bertz CT molecular complexity index is 838. The van der Waals surface area contributed by atoms with Gasteiger partial charge in [0.25, 0.3) is 5.91 Å². The average Bonchev–Trinajstić information content (AvgIpc) is 2.56. The van der Waals surface area contributed by atoms with E-state index in [9.17, 15) is 18.7 Å². The smallest absolute Gasteiger partial charge is 0.277 e. The maximum absolute atomic E-state index is 13.7. The molecule has 0 aliphatic rings. The van der Waals surface area contributed by atoms with E-state index in [4.69, 9.17) is 4.84 Å². The molecule has 0 spiro atoms. The van der Waals surface area contributed by atoms with Gasteiger partial charge in [-0.15, -0.1) is 0 Å². The highest BCUT2D eigenvalue weighted by Gasteiger charge is 2.18. The zero-order chi connectivity index (χ0) is 20.2. The second kappa shape index (κ2) is 8.94. The van der Waals surface area contributed by atoms with E-state index in [1.165, 1.54) is 0 Å². The summed E-state index contributed by atoms with van der Waals surface area (Å²) in [5.41, 5.74) is 2.81. The second-order valence-electron chi connectivity index (χ2n) is 6.74. The molecule has 0 aliphatic carbocycles. The minimum atomic E-state index is -1.14. The molecule has 146 valence electrons. The van der Waals surface area contributed by atoms with Crippen molar-refractivity contribution in [3.05, 3.63) is 56.7 Å². The van der Waals surface area contributed by atoms with E-state index in [1.54, 1.807) is 19.9 Å². The molecule has 3 N–H and O–H groups in total. The van der Waals surface area contributed by atoms with Crippen LogP contribution in [0.1, 0.15) is 36.2 Å². The Morgan fingerprint density at radius 3 is 2.48 bits per heavy atom. The Hall–Kier alpha value is -1.78. The van der Waals surface area contributed by atoms with Gasteiger partial charge in [0.15, 0.2) is 11.6 Å². The molecule has 2 rings (SSSR count). The average molecular weight is 490 g/mol. The standard InChI is InChI=1S/C19H21F2IN2O3/c1-11-8-12(22)4-5-16(11)23-17-10-15(21)14(20)9-13(17)18(25)24-27-7-6-19(2,3)26/h4-5,8-10,23,26H,6-7H2,1-3H3,(H,24,25). The van der Waals surface area contributed by atoms with Crippen molar-refractivity contribution >= 4 is 39.9 Å². The van der Waals surface area contributed by atoms with Crippen molar-refractivity contribution in [2.75, 3.05) is 11.9 Å². The van der Waals surface area contributed by atoms with E-state index >= 15 is 0 Å². The number of aryl methyl sites for hydroxylation is 1. The van der Waals surface area contributed by atoms with E-state index in [1.807, 2.05) is 19.1 Å². The molecule has 2 aromatic carbocycles. The lowest BCUT2D eigenvalue weighted by molar-refractivity contribution is -0.00570. The van der Waals surface area contributed by atoms with Crippen molar-refractivity contribution in [2.45, 2.75) is 32.8 Å². The van der Waals surface area contributed by atoms with Crippen molar-refractivity contribution in [3.8, 4) is 0 Å². The lowest BCUT2D eigenvalue weighted by Crippen LogP contribution is -2.28. The van der Waals surface area contributed by atoms with Crippen molar-refractivity contribution in [3.63, 3.8) is 0 Å². The maximum Gasteiger partial charge on any atom is 0.277 e. The minimum absolute atomic E-state index is 0.0674. The van der Waals surface area contributed by atoms with Gasteiger partial charge in [-0.2, -0.15) is 0 Å². The van der Waals surface area contributed by atoms with E-state index in [0.717, 1.165) is 21.3 Å². The van der Waals surface area contributed by atoms with Gasteiger partial charge in [-0.05, 0) is 73.2 Å². The van der Waals surface area contributed by atoms with Gasteiger partial charge < -0.3 is 10.4 Å². The molecule has 5 nitrogen and oxygen atoms in total. The monoisotopic (exact) mass is 490 g/mol. The third-order valence-electron chi connectivity index (χ3n) is 3.74. The fourth-order valence-corrected chi connectivity index (χ4v) is 2.87. The van der Waals surface area contributed by atoms with Gasteiger partial charge >= 0.3 is 0 Å². The van der Waals surface area contributed by atoms with Crippen molar-refractivity contribution in [2.24, 2.45) is 0 Å². The third kappa shape index (κ3) is 6.40. The first-order chi connectivity index (χ1) is 12.6. The zero-order valence-electron chi connectivity index (χ0n) is 15.2. The Balaban J connectivity index is 2.20. The predicted octanol–water partition coefficient (Wildman–Crippen LogP) is 4.44. The van der Waals surface area contributed by atoms with Crippen molar-refractivity contribution in [1.29, 1.82) is 0 Å². The van der Waals surface area contributed by atoms with Gasteiger partial charge in [0.05, 0.1) is 23.5 Å². The third-order valence-corrected chi connectivity index (χ3v) is 4.41. The van der Waals surface area contributed by atoms with Crippen LogP contribution < -0.4 is 10.8 Å². The van der Waals surface area contributed by atoms with E-state index in [0.29, 0.717) is 5.69 Å². The Morgan fingerprint density at radius 2 is 1.85 bits per heavy atom. The van der Waals surface area contributed by atoms with E-state index < -0.39 is 23.1 Å². The number of hydrogen-bond acceptors (Lipinski definition) is 4. The van der Waals surface area contributed by atoms with Gasteiger partial charge in [-0.25, -0.2) is 14.3 Å². The summed E-state index contributed by atoms with van der Waals surface area (Å²) in [5, 5.41) is 12.6. The molecule has 27 heavy (non-hydrogen) atoms. The molecule has 8 heteroatoms. The topological polar surface area (TPSA) is 70.6 Å². The zero-order valence-corrected chi connectivity index (χ0v) is 17.4. The molecule has 0 radical (unpaired) electrons. The van der Waals surface area contributed by atoms with Gasteiger partial charge in [-0.3, -0.25) is 9.63 Å². The fourth-order valence-electron chi connectivity index (χ4n) is 2.22. The van der Waals surface area contributed by atoms with Crippen LogP contribution in [-0.2, 0) is 4.84 Å². The number of halogens is 3. The fraction of sp³-hybridized carbons (Fsp3) is 0.316. The summed E-state index contributed by atoms with van der Waals surface area (Å²) < 4.78 is 28.4. The molecule has 0 fully saturated rings. The Kier molecular flexibility index (Phi) is 7.12. The number of carbonyl (C=O) groups is 1. The largest absolute Gasteiger partial charge is 0.390 e. The van der Waals surface area contributed by atoms with Gasteiger partial charge in [0.2, 0.25) is 0 Å². The SMILES string of the molecule is Cc1cc(I)ccc1Nc1cc(F)c(F)cc1C(=O)NOCCC(C)(C)O. The van der Waals surface area contributed by atoms with Crippen LogP contribution in [0.5, 0.6) is 0 Å². The molecule has 1 amide bonds. The summed E-state index contributed by atoms with van der Waals surface area (Å²) in [6, 6.07) is 7.31. The van der Waals surface area contributed by atoms with E-state index in [2.05, 4.69) is 33.4 Å². The molecule has 0 atom stereocenters. The summed E-state index contributed by atoms with van der Waals surface area (Å²) in [6.45, 7) is 5.15. The maximum atomic E-state index is 13.7. The number of benzene rings is 2. The molecule has 0 saturated heterocycles. The molecule has 0 heterocycles. The van der Waals surface area contributed by atoms with Crippen LogP contribution in [-0.4, -0.2) is 23.2 Å². The molecule has 0 unspecified atom stereocenters. The number of hydroxylamine groups is 1. The highest BCUT2D eigenvalue weighted by Crippen LogP contribution is 2.27. The number of hydrogen-bond donors (Lipinski definition) is 3. The van der Waals surface area contributed by atoms with Crippen LogP contribution in [0.4, 0.5) is 20.2 Å². The number of rotatable bonds is 7. The molecule has 0 bridgehead atoms. The number of nitrogens with one attached hydrogen (secondary N) is 2. The first-order valence-electron chi connectivity index (χ1n) is 8.23. The molecular formula is C19H21F2IN2O3. The van der Waals surface area contributed by atoms with Gasteiger partial charge in [-0.1, -0.05) is 0 Å². The van der Waals surface area contributed by atoms with Gasteiger partial charge in [0, 0.05) is 21.7 Å². The molecule has 0 aromatic heterocycles. The van der Waals surface area contributed by atoms with Crippen LogP contribution in [0, 0.1) is 22.1 Å². The highest BCUT2D eigenvalue weighted by molar-refractivity contribution is 14.1. The summed E-state index contributed by atoms with van der Waals surface area (Å²) in [4.78, 5) is 17.4. The van der Waals surface area contributed by atoms with Crippen LogP contribution in [0.25, 0.3) is 0 Å².